The van der Waals surface area contributed by atoms with Gasteiger partial charge in [0.1, 0.15) is 5.75 Å². The average Bonchev–Trinajstić information content (AvgIpc) is 2.15. The van der Waals surface area contributed by atoms with Crippen LogP contribution in [0.25, 0.3) is 0 Å². The molecule has 0 saturated carbocycles. The molecule has 82 valence electrons. The van der Waals surface area contributed by atoms with Gasteiger partial charge < -0.3 is 10.5 Å². The van der Waals surface area contributed by atoms with Crippen molar-refractivity contribution < 1.29 is 18.3 Å². The summed E-state index contributed by atoms with van der Waals surface area (Å²) in [5.41, 5.74) is 5.01. The number of halogens is 2. The monoisotopic (exact) mass is 215 g/mol. The van der Waals surface area contributed by atoms with Gasteiger partial charge in [0.2, 0.25) is 0 Å². The summed E-state index contributed by atoms with van der Waals surface area (Å²) in [5.74, 6) is -0.480. The summed E-state index contributed by atoms with van der Waals surface area (Å²) in [7, 11) is 1.23. The predicted octanol–water partition coefficient (Wildman–Crippen LogP) is 2.42. The van der Waals surface area contributed by atoms with Gasteiger partial charge in [0.15, 0.2) is 5.78 Å². The molecule has 0 radical (unpaired) electrons. The van der Waals surface area contributed by atoms with Crippen LogP contribution in [0.5, 0.6) is 5.75 Å². The highest BCUT2D eigenvalue weighted by Gasteiger charge is 2.22. The lowest BCUT2D eigenvalue weighted by Gasteiger charge is -2.13. The molecule has 0 fully saturated rings. The smallest absolute Gasteiger partial charge is 0.269 e. The van der Waals surface area contributed by atoms with Crippen molar-refractivity contribution in [2.45, 2.75) is 13.3 Å². The zero-order valence-electron chi connectivity index (χ0n) is 8.38. The van der Waals surface area contributed by atoms with E-state index < -0.39 is 12.0 Å². The molecule has 1 aromatic carbocycles. The molecule has 0 bridgehead atoms. The summed E-state index contributed by atoms with van der Waals surface area (Å²) >= 11 is 0. The van der Waals surface area contributed by atoms with Gasteiger partial charge in [0.05, 0.1) is 18.2 Å². The summed E-state index contributed by atoms with van der Waals surface area (Å²) < 4.78 is 30.1. The van der Waals surface area contributed by atoms with Crippen molar-refractivity contribution in [2.24, 2.45) is 0 Å². The average molecular weight is 215 g/mol. The molecule has 0 aliphatic rings. The number of benzene rings is 1. The molecule has 2 N–H and O–H groups in total. The fourth-order valence-electron chi connectivity index (χ4n) is 1.34. The number of alkyl halides is 2. The minimum absolute atomic E-state index is 0.0770. The van der Waals surface area contributed by atoms with E-state index in [9.17, 15) is 13.6 Å². The normalized spacial score (nSPS) is 10.5. The Kier molecular flexibility index (Phi) is 3.24. The third-order valence-corrected chi connectivity index (χ3v) is 2.03. The molecule has 0 unspecified atom stereocenters. The lowest BCUT2D eigenvalue weighted by Crippen LogP contribution is -2.05. The second-order valence-electron chi connectivity index (χ2n) is 3.01. The number of nitrogen functional groups attached to an aromatic ring is 1. The van der Waals surface area contributed by atoms with E-state index in [-0.39, 0.29) is 22.8 Å². The molecule has 15 heavy (non-hydrogen) atoms. The molecule has 3 nitrogen and oxygen atoms in total. The maximum absolute atomic E-state index is 12.6. The van der Waals surface area contributed by atoms with Crippen LogP contribution in [-0.2, 0) is 0 Å². The second kappa shape index (κ2) is 4.25. The highest BCUT2D eigenvalue weighted by atomic mass is 19.3. The van der Waals surface area contributed by atoms with E-state index in [1.54, 1.807) is 0 Å². The maximum atomic E-state index is 12.6. The molecule has 0 amide bonds. The van der Waals surface area contributed by atoms with Gasteiger partial charge in [-0.2, -0.15) is 0 Å². The Morgan fingerprint density at radius 3 is 2.47 bits per heavy atom. The third kappa shape index (κ3) is 2.06. The highest BCUT2D eigenvalue weighted by molar-refractivity contribution is 5.98. The number of ether oxygens (including phenoxy) is 1. The maximum Gasteiger partial charge on any atom is 0.269 e. The number of methoxy groups -OCH3 is 1. The SMILES string of the molecule is COc1c(C(C)=O)ccc(N)c1C(F)F. The van der Waals surface area contributed by atoms with Crippen LogP contribution in [0, 0.1) is 0 Å². The van der Waals surface area contributed by atoms with E-state index in [4.69, 9.17) is 10.5 Å². The first-order valence-corrected chi connectivity index (χ1v) is 4.24. The van der Waals surface area contributed by atoms with Crippen LogP contribution in [0.15, 0.2) is 12.1 Å². The molecular weight excluding hydrogens is 204 g/mol. The van der Waals surface area contributed by atoms with Crippen LogP contribution in [0.2, 0.25) is 0 Å². The van der Waals surface area contributed by atoms with E-state index >= 15 is 0 Å². The van der Waals surface area contributed by atoms with Gasteiger partial charge in [0, 0.05) is 5.69 Å². The fraction of sp³-hybridized carbons (Fsp3) is 0.300. The molecule has 0 spiro atoms. The molecular formula is C10H11F2NO2. The van der Waals surface area contributed by atoms with E-state index in [2.05, 4.69) is 0 Å². The fourth-order valence-corrected chi connectivity index (χ4v) is 1.34. The molecule has 0 aliphatic heterocycles. The predicted molar refractivity (Wildman–Crippen MR) is 52.4 cm³/mol. The minimum Gasteiger partial charge on any atom is -0.495 e. The molecule has 1 aromatic rings. The van der Waals surface area contributed by atoms with Crippen molar-refractivity contribution in [3.8, 4) is 5.75 Å². The Labute approximate surface area is 85.8 Å². The van der Waals surface area contributed by atoms with E-state index in [1.165, 1.54) is 26.2 Å². The minimum atomic E-state index is -2.76. The number of ketones is 1. The first-order valence-electron chi connectivity index (χ1n) is 4.24. The zero-order chi connectivity index (χ0) is 11.6. The summed E-state index contributed by atoms with van der Waals surface area (Å²) in [6, 6.07) is 2.66. The Balaban J connectivity index is 3.47. The number of carbonyl (C=O) groups is 1. The number of carbonyl (C=O) groups excluding carboxylic acids is 1. The molecule has 0 heterocycles. The van der Waals surface area contributed by atoms with Crippen molar-refractivity contribution in [1.29, 1.82) is 0 Å². The summed E-state index contributed by atoms with van der Waals surface area (Å²) in [6.45, 7) is 1.28. The highest BCUT2D eigenvalue weighted by Crippen LogP contribution is 2.36. The first kappa shape index (κ1) is 11.4. The van der Waals surface area contributed by atoms with E-state index in [0.29, 0.717) is 0 Å². The number of rotatable bonds is 3. The van der Waals surface area contributed by atoms with Crippen molar-refractivity contribution in [3.63, 3.8) is 0 Å². The van der Waals surface area contributed by atoms with E-state index in [1.807, 2.05) is 0 Å². The lowest BCUT2D eigenvalue weighted by atomic mass is 10.0. The lowest BCUT2D eigenvalue weighted by molar-refractivity contribution is 0.101. The molecule has 0 aromatic heterocycles. The molecule has 1 rings (SSSR count). The summed E-state index contributed by atoms with van der Waals surface area (Å²) in [6.07, 6.45) is -2.76. The van der Waals surface area contributed by atoms with Gasteiger partial charge in [-0.05, 0) is 19.1 Å². The van der Waals surface area contributed by atoms with Crippen LogP contribution < -0.4 is 10.5 Å². The van der Waals surface area contributed by atoms with Crippen LogP contribution in [0.3, 0.4) is 0 Å². The topological polar surface area (TPSA) is 52.3 Å². The molecule has 0 aliphatic carbocycles. The number of hydrogen-bond donors (Lipinski definition) is 1. The zero-order valence-corrected chi connectivity index (χ0v) is 8.38. The van der Waals surface area contributed by atoms with Gasteiger partial charge in [-0.25, -0.2) is 8.78 Å². The van der Waals surface area contributed by atoms with Gasteiger partial charge in [-0.1, -0.05) is 0 Å². The van der Waals surface area contributed by atoms with Gasteiger partial charge >= 0.3 is 0 Å². The van der Waals surface area contributed by atoms with Crippen molar-refractivity contribution in [3.05, 3.63) is 23.3 Å². The van der Waals surface area contributed by atoms with Crippen LogP contribution in [0.4, 0.5) is 14.5 Å². The Morgan fingerprint density at radius 1 is 1.47 bits per heavy atom. The molecule has 0 atom stereocenters. The standard InChI is InChI=1S/C10H11F2NO2/c1-5(14)6-3-4-7(13)8(10(11)12)9(6)15-2/h3-4,10H,13H2,1-2H3. The number of hydrogen-bond acceptors (Lipinski definition) is 3. The van der Waals surface area contributed by atoms with Gasteiger partial charge in [-0.15, -0.1) is 0 Å². The van der Waals surface area contributed by atoms with Crippen LogP contribution in [-0.4, -0.2) is 12.9 Å². The molecule has 5 heteroatoms. The van der Waals surface area contributed by atoms with Crippen molar-refractivity contribution in [2.75, 3.05) is 12.8 Å². The van der Waals surface area contributed by atoms with Crippen LogP contribution in [0.1, 0.15) is 29.3 Å². The summed E-state index contributed by atoms with van der Waals surface area (Å²) in [4.78, 5) is 11.1. The quantitative estimate of drug-likeness (QED) is 0.622. The van der Waals surface area contributed by atoms with Crippen LogP contribution >= 0.6 is 0 Å². The number of nitrogens with two attached hydrogens (primary N) is 1. The van der Waals surface area contributed by atoms with E-state index in [0.717, 1.165) is 0 Å². The van der Waals surface area contributed by atoms with Crippen molar-refractivity contribution >= 4 is 11.5 Å². The Hall–Kier alpha value is -1.65. The van der Waals surface area contributed by atoms with Crippen molar-refractivity contribution in [1.82, 2.24) is 0 Å². The number of Topliss-reactive ketones (excluding diaryl/α,β-unsaturated/α-hetero) is 1. The van der Waals surface area contributed by atoms with Gasteiger partial charge in [-0.3, -0.25) is 4.79 Å². The number of anilines is 1. The van der Waals surface area contributed by atoms with Gasteiger partial charge in [0.25, 0.3) is 6.43 Å². The molecule has 0 saturated heterocycles. The Morgan fingerprint density at radius 2 is 2.07 bits per heavy atom. The summed E-state index contributed by atoms with van der Waals surface area (Å²) in [5, 5.41) is 0. The Bertz CT molecular complexity index is 391. The third-order valence-electron chi connectivity index (χ3n) is 2.03. The first-order chi connectivity index (χ1) is 6.99. The largest absolute Gasteiger partial charge is 0.495 e. The second-order valence-corrected chi connectivity index (χ2v) is 3.01.